The highest BCUT2D eigenvalue weighted by Gasteiger charge is 2.39. The van der Waals surface area contributed by atoms with Gasteiger partial charge in [0.15, 0.2) is 0 Å². The predicted octanol–water partition coefficient (Wildman–Crippen LogP) is 3.69. The Kier molecular flexibility index (Phi) is 3.93. The summed E-state index contributed by atoms with van der Waals surface area (Å²) in [6.07, 6.45) is 6.28. The van der Waals surface area contributed by atoms with E-state index in [2.05, 4.69) is 42.8 Å². The molecule has 1 aromatic carbocycles. The molecule has 2 rings (SSSR count). The van der Waals surface area contributed by atoms with E-state index in [-0.39, 0.29) is 0 Å². The molecule has 1 nitrogen and oxygen atoms in total. The lowest BCUT2D eigenvalue weighted by Crippen LogP contribution is -2.23. The van der Waals surface area contributed by atoms with Crippen molar-refractivity contribution in [1.29, 1.82) is 0 Å². The maximum atomic E-state index is 3.59. The van der Waals surface area contributed by atoms with Crippen molar-refractivity contribution in [3.63, 3.8) is 0 Å². The van der Waals surface area contributed by atoms with Crippen LogP contribution < -0.4 is 5.32 Å². The first-order valence-corrected chi connectivity index (χ1v) is 7.34. The van der Waals surface area contributed by atoms with Gasteiger partial charge in [0.2, 0.25) is 0 Å². The molecule has 0 bridgehead atoms. The van der Waals surface area contributed by atoms with Crippen LogP contribution in [0.2, 0.25) is 0 Å². The second-order valence-electron chi connectivity index (χ2n) is 4.81. The number of hydrogen-bond acceptors (Lipinski definition) is 2. The number of thioether (sulfide) groups is 1. The molecule has 0 saturated heterocycles. The van der Waals surface area contributed by atoms with Crippen molar-refractivity contribution < 1.29 is 0 Å². The molecule has 1 N–H and O–H groups in total. The zero-order valence-corrected chi connectivity index (χ0v) is 11.1. The van der Waals surface area contributed by atoms with Gasteiger partial charge in [0.25, 0.3) is 0 Å². The average molecular weight is 235 g/mol. The van der Waals surface area contributed by atoms with Crippen LogP contribution in [0.15, 0.2) is 29.2 Å². The van der Waals surface area contributed by atoms with Gasteiger partial charge in [0.1, 0.15) is 0 Å². The number of nitrogens with one attached hydrogen (secondary N) is 1. The van der Waals surface area contributed by atoms with Gasteiger partial charge in [0, 0.05) is 18.0 Å². The van der Waals surface area contributed by atoms with Crippen LogP contribution in [0.25, 0.3) is 0 Å². The normalized spacial score (nSPS) is 17.4. The van der Waals surface area contributed by atoms with Crippen molar-refractivity contribution in [3.8, 4) is 0 Å². The van der Waals surface area contributed by atoms with E-state index >= 15 is 0 Å². The molecule has 2 heteroatoms. The molecule has 0 atom stereocenters. The summed E-state index contributed by atoms with van der Waals surface area (Å²) < 4.78 is 0. The van der Waals surface area contributed by atoms with Crippen LogP contribution in [-0.2, 0) is 6.54 Å². The topological polar surface area (TPSA) is 12.0 Å². The van der Waals surface area contributed by atoms with Crippen LogP contribution in [0.5, 0.6) is 0 Å². The Bertz CT molecular complexity index is 327. The van der Waals surface area contributed by atoms with Gasteiger partial charge in [-0.2, -0.15) is 0 Å². The zero-order chi connectivity index (χ0) is 11.4. The summed E-state index contributed by atoms with van der Waals surface area (Å²) in [6, 6.07) is 8.86. The highest BCUT2D eigenvalue weighted by Crippen LogP contribution is 2.47. The van der Waals surface area contributed by atoms with Gasteiger partial charge in [-0.15, -0.1) is 11.8 Å². The molecular formula is C14H21NS. The molecular weight excluding hydrogens is 214 g/mol. The van der Waals surface area contributed by atoms with Crippen LogP contribution in [0.3, 0.4) is 0 Å². The van der Waals surface area contributed by atoms with Gasteiger partial charge < -0.3 is 5.32 Å². The lowest BCUT2D eigenvalue weighted by molar-refractivity contribution is 0.443. The smallest absolute Gasteiger partial charge is 0.0205 e. The van der Waals surface area contributed by atoms with Gasteiger partial charge in [-0.25, -0.2) is 0 Å². The first-order chi connectivity index (χ1) is 7.78. The fourth-order valence-electron chi connectivity index (χ4n) is 2.05. The van der Waals surface area contributed by atoms with E-state index in [1.54, 1.807) is 11.8 Å². The second kappa shape index (κ2) is 5.24. The highest BCUT2D eigenvalue weighted by atomic mass is 32.2. The second-order valence-corrected chi connectivity index (χ2v) is 5.68. The van der Waals surface area contributed by atoms with E-state index in [4.69, 9.17) is 0 Å². The molecule has 0 unspecified atom stereocenters. The van der Waals surface area contributed by atoms with E-state index < -0.39 is 0 Å². The zero-order valence-electron chi connectivity index (χ0n) is 10.3. The minimum atomic E-state index is 0.652. The summed E-state index contributed by atoms with van der Waals surface area (Å²) in [6.45, 7) is 4.51. The van der Waals surface area contributed by atoms with E-state index in [0.717, 1.165) is 6.54 Å². The van der Waals surface area contributed by atoms with Gasteiger partial charge in [-0.3, -0.25) is 0 Å². The SMILES string of the molecule is CCC1(CNCc2ccc(SC)cc2)CC1. The standard InChI is InChI=1S/C14H21NS/c1-3-14(8-9-14)11-15-10-12-4-6-13(16-2)7-5-12/h4-7,15H,3,8-11H2,1-2H3. The molecule has 1 aliphatic rings. The third kappa shape index (κ3) is 3.02. The number of hydrogen-bond donors (Lipinski definition) is 1. The Labute approximate surface area is 103 Å². The third-order valence-corrected chi connectivity index (χ3v) is 4.44. The summed E-state index contributed by atoms with van der Waals surface area (Å²) >= 11 is 1.80. The monoisotopic (exact) mass is 235 g/mol. The Morgan fingerprint density at radius 3 is 2.44 bits per heavy atom. The van der Waals surface area contributed by atoms with Gasteiger partial charge in [-0.05, 0) is 48.6 Å². The average Bonchev–Trinajstić information content (AvgIpc) is 3.11. The third-order valence-electron chi connectivity index (χ3n) is 3.70. The molecule has 0 amide bonds. The van der Waals surface area contributed by atoms with Crippen molar-refractivity contribution >= 4 is 11.8 Å². The summed E-state index contributed by atoms with van der Waals surface area (Å²) in [4.78, 5) is 1.34. The van der Waals surface area contributed by atoms with E-state index in [0.29, 0.717) is 5.41 Å². The predicted molar refractivity (Wildman–Crippen MR) is 71.9 cm³/mol. The van der Waals surface area contributed by atoms with Gasteiger partial charge in [-0.1, -0.05) is 19.1 Å². The molecule has 1 aromatic rings. The lowest BCUT2D eigenvalue weighted by atomic mass is 10.0. The molecule has 1 fully saturated rings. The lowest BCUT2D eigenvalue weighted by Gasteiger charge is -2.13. The molecule has 0 heterocycles. The van der Waals surface area contributed by atoms with E-state index in [9.17, 15) is 0 Å². The maximum absolute atomic E-state index is 3.59. The summed E-state index contributed by atoms with van der Waals surface area (Å²) in [5, 5.41) is 3.59. The van der Waals surface area contributed by atoms with Crippen molar-refractivity contribution in [2.75, 3.05) is 12.8 Å². The maximum Gasteiger partial charge on any atom is 0.0205 e. The molecule has 88 valence electrons. The summed E-state index contributed by atoms with van der Waals surface area (Å²) in [7, 11) is 0. The van der Waals surface area contributed by atoms with Crippen molar-refractivity contribution in [2.45, 2.75) is 37.6 Å². The molecule has 0 aliphatic heterocycles. The highest BCUT2D eigenvalue weighted by molar-refractivity contribution is 7.98. The van der Waals surface area contributed by atoms with E-state index in [1.165, 1.54) is 36.3 Å². The molecule has 16 heavy (non-hydrogen) atoms. The largest absolute Gasteiger partial charge is 0.312 e. The molecule has 1 aliphatic carbocycles. The molecule has 0 spiro atoms. The van der Waals surface area contributed by atoms with Crippen LogP contribution in [0.1, 0.15) is 31.7 Å². The first-order valence-electron chi connectivity index (χ1n) is 6.12. The van der Waals surface area contributed by atoms with Crippen LogP contribution in [0, 0.1) is 5.41 Å². The number of benzene rings is 1. The van der Waals surface area contributed by atoms with Crippen molar-refractivity contribution in [2.24, 2.45) is 5.41 Å². The quantitative estimate of drug-likeness (QED) is 0.755. The fraction of sp³-hybridized carbons (Fsp3) is 0.571. The van der Waals surface area contributed by atoms with Gasteiger partial charge >= 0.3 is 0 Å². The molecule has 1 saturated carbocycles. The van der Waals surface area contributed by atoms with Crippen molar-refractivity contribution in [3.05, 3.63) is 29.8 Å². The summed E-state index contributed by atoms with van der Waals surface area (Å²) in [5.74, 6) is 0. The van der Waals surface area contributed by atoms with Crippen molar-refractivity contribution in [1.82, 2.24) is 5.32 Å². The molecule has 0 radical (unpaired) electrons. The Morgan fingerprint density at radius 2 is 1.94 bits per heavy atom. The fourth-order valence-corrected chi connectivity index (χ4v) is 2.46. The van der Waals surface area contributed by atoms with Crippen LogP contribution in [0.4, 0.5) is 0 Å². The Hall–Kier alpha value is -0.470. The minimum absolute atomic E-state index is 0.652. The first kappa shape index (κ1) is 12.0. The Morgan fingerprint density at radius 1 is 1.25 bits per heavy atom. The number of rotatable bonds is 6. The van der Waals surface area contributed by atoms with Crippen LogP contribution >= 0.6 is 11.8 Å². The minimum Gasteiger partial charge on any atom is -0.312 e. The van der Waals surface area contributed by atoms with Gasteiger partial charge in [0.05, 0.1) is 0 Å². The van der Waals surface area contributed by atoms with Crippen LogP contribution in [-0.4, -0.2) is 12.8 Å². The molecule has 0 aromatic heterocycles. The summed E-state index contributed by atoms with van der Waals surface area (Å²) in [5.41, 5.74) is 2.05. The Balaban J connectivity index is 1.76. The van der Waals surface area contributed by atoms with E-state index in [1.807, 2.05) is 0 Å².